The summed E-state index contributed by atoms with van der Waals surface area (Å²) in [5.41, 5.74) is 5.27. The zero-order valence-corrected chi connectivity index (χ0v) is 8.61. The number of nitrogens with zero attached hydrogens (tertiary/aromatic N) is 1. The van der Waals surface area contributed by atoms with Gasteiger partial charge >= 0.3 is 6.03 Å². The van der Waals surface area contributed by atoms with Crippen LogP contribution >= 0.6 is 0 Å². The molecular formula is C10H20N2O2. The molecule has 1 rings (SSSR count). The molecule has 1 fully saturated rings. The van der Waals surface area contributed by atoms with E-state index < -0.39 is 0 Å². The van der Waals surface area contributed by atoms with Crippen molar-refractivity contribution in [2.45, 2.75) is 32.1 Å². The fraction of sp³-hybridized carbons (Fsp3) is 0.900. The van der Waals surface area contributed by atoms with E-state index in [2.05, 4.69) is 0 Å². The van der Waals surface area contributed by atoms with Gasteiger partial charge in [-0.15, -0.1) is 0 Å². The number of primary amides is 1. The third-order valence-corrected chi connectivity index (χ3v) is 2.85. The highest BCUT2D eigenvalue weighted by atomic mass is 16.2. The Morgan fingerprint density at radius 3 is 2.93 bits per heavy atom. The maximum absolute atomic E-state index is 11.0. The molecule has 1 heterocycles. The van der Waals surface area contributed by atoms with Gasteiger partial charge in [0, 0.05) is 19.7 Å². The first-order valence-electron chi connectivity index (χ1n) is 5.39. The Labute approximate surface area is 85.1 Å². The van der Waals surface area contributed by atoms with Crippen LogP contribution in [0.5, 0.6) is 0 Å². The van der Waals surface area contributed by atoms with Gasteiger partial charge in [0.05, 0.1) is 0 Å². The lowest BCUT2D eigenvalue weighted by Gasteiger charge is -2.22. The zero-order chi connectivity index (χ0) is 10.4. The maximum Gasteiger partial charge on any atom is 0.314 e. The van der Waals surface area contributed by atoms with Gasteiger partial charge in [0.15, 0.2) is 0 Å². The van der Waals surface area contributed by atoms with Gasteiger partial charge in [-0.2, -0.15) is 0 Å². The number of hydrogen-bond acceptors (Lipinski definition) is 2. The molecule has 0 saturated carbocycles. The fourth-order valence-electron chi connectivity index (χ4n) is 2.05. The van der Waals surface area contributed by atoms with Crippen LogP contribution in [0, 0.1) is 5.92 Å². The van der Waals surface area contributed by atoms with Crippen LogP contribution in [-0.2, 0) is 0 Å². The van der Waals surface area contributed by atoms with Crippen LogP contribution in [0.2, 0.25) is 0 Å². The van der Waals surface area contributed by atoms with E-state index in [1.807, 2.05) is 0 Å². The Kier molecular flexibility index (Phi) is 4.73. The number of urea groups is 1. The van der Waals surface area contributed by atoms with E-state index in [9.17, 15) is 4.79 Å². The molecule has 4 heteroatoms. The normalized spacial score (nSPS) is 23.2. The third kappa shape index (κ3) is 3.54. The van der Waals surface area contributed by atoms with Gasteiger partial charge in [0.1, 0.15) is 0 Å². The molecule has 0 spiro atoms. The fourth-order valence-corrected chi connectivity index (χ4v) is 2.05. The van der Waals surface area contributed by atoms with Crippen LogP contribution in [-0.4, -0.2) is 35.7 Å². The van der Waals surface area contributed by atoms with Gasteiger partial charge in [0.25, 0.3) is 0 Å². The number of aliphatic hydroxyl groups excluding tert-OH is 1. The summed E-state index contributed by atoms with van der Waals surface area (Å²) in [5, 5.41) is 8.74. The Morgan fingerprint density at radius 2 is 2.29 bits per heavy atom. The van der Waals surface area contributed by atoms with Gasteiger partial charge in [-0.05, 0) is 31.6 Å². The zero-order valence-electron chi connectivity index (χ0n) is 8.61. The lowest BCUT2D eigenvalue weighted by Crippen LogP contribution is -2.38. The molecular weight excluding hydrogens is 180 g/mol. The number of carbonyl (C=O) groups excluding carboxylic acids is 1. The maximum atomic E-state index is 11.0. The molecule has 4 nitrogen and oxygen atoms in total. The van der Waals surface area contributed by atoms with Crippen molar-refractivity contribution < 1.29 is 9.90 Å². The monoisotopic (exact) mass is 200 g/mol. The van der Waals surface area contributed by atoms with E-state index in [4.69, 9.17) is 10.8 Å². The minimum atomic E-state index is -0.305. The molecule has 1 aliphatic rings. The smallest absolute Gasteiger partial charge is 0.314 e. The van der Waals surface area contributed by atoms with Crippen molar-refractivity contribution in [2.75, 3.05) is 19.7 Å². The van der Waals surface area contributed by atoms with Crippen LogP contribution in [0.25, 0.3) is 0 Å². The van der Waals surface area contributed by atoms with Gasteiger partial charge < -0.3 is 15.7 Å². The topological polar surface area (TPSA) is 66.6 Å². The van der Waals surface area contributed by atoms with Crippen molar-refractivity contribution >= 4 is 6.03 Å². The van der Waals surface area contributed by atoms with E-state index in [-0.39, 0.29) is 12.6 Å². The number of carbonyl (C=O) groups is 1. The van der Waals surface area contributed by atoms with Crippen LogP contribution in [0.3, 0.4) is 0 Å². The van der Waals surface area contributed by atoms with Crippen LogP contribution in [0.15, 0.2) is 0 Å². The average molecular weight is 200 g/mol. The van der Waals surface area contributed by atoms with E-state index in [1.54, 1.807) is 4.90 Å². The van der Waals surface area contributed by atoms with E-state index in [0.717, 1.165) is 38.8 Å². The highest BCUT2D eigenvalue weighted by molar-refractivity contribution is 5.71. The predicted octanol–water partition coefficient (Wildman–Crippen LogP) is 0.940. The summed E-state index contributed by atoms with van der Waals surface area (Å²) in [6.07, 6.45) is 5.21. The highest BCUT2D eigenvalue weighted by Gasteiger charge is 2.19. The summed E-state index contributed by atoms with van der Waals surface area (Å²) in [4.78, 5) is 12.8. The van der Waals surface area contributed by atoms with E-state index in [0.29, 0.717) is 5.92 Å². The highest BCUT2D eigenvalue weighted by Crippen LogP contribution is 2.20. The Hall–Kier alpha value is -0.770. The molecule has 0 aromatic rings. The molecule has 1 atom stereocenters. The van der Waals surface area contributed by atoms with Crippen molar-refractivity contribution in [3.05, 3.63) is 0 Å². The Balaban J connectivity index is 2.38. The first-order valence-corrected chi connectivity index (χ1v) is 5.39. The number of aliphatic hydroxyl groups is 1. The van der Waals surface area contributed by atoms with Gasteiger partial charge in [-0.1, -0.05) is 6.42 Å². The van der Waals surface area contributed by atoms with Crippen molar-refractivity contribution in [3.8, 4) is 0 Å². The van der Waals surface area contributed by atoms with Crippen molar-refractivity contribution in [1.29, 1.82) is 0 Å². The molecule has 2 amide bonds. The Morgan fingerprint density at radius 1 is 1.50 bits per heavy atom. The minimum Gasteiger partial charge on any atom is -0.396 e. The van der Waals surface area contributed by atoms with Crippen molar-refractivity contribution in [3.63, 3.8) is 0 Å². The largest absolute Gasteiger partial charge is 0.396 e. The first-order chi connectivity index (χ1) is 6.74. The summed E-state index contributed by atoms with van der Waals surface area (Å²) in [6, 6.07) is -0.305. The predicted molar refractivity (Wildman–Crippen MR) is 54.8 cm³/mol. The lowest BCUT2D eigenvalue weighted by molar-refractivity contribution is 0.197. The second kappa shape index (κ2) is 5.86. The second-order valence-corrected chi connectivity index (χ2v) is 4.01. The number of amides is 2. The SMILES string of the molecule is NC(=O)N1CCCCC(CCCO)C1. The third-order valence-electron chi connectivity index (χ3n) is 2.85. The van der Waals surface area contributed by atoms with E-state index in [1.165, 1.54) is 6.42 Å². The van der Waals surface area contributed by atoms with Crippen LogP contribution < -0.4 is 5.73 Å². The summed E-state index contributed by atoms with van der Waals surface area (Å²) < 4.78 is 0. The van der Waals surface area contributed by atoms with Crippen molar-refractivity contribution in [2.24, 2.45) is 11.7 Å². The molecule has 3 N–H and O–H groups in total. The quantitative estimate of drug-likeness (QED) is 0.712. The summed E-state index contributed by atoms with van der Waals surface area (Å²) in [7, 11) is 0. The molecule has 1 unspecified atom stereocenters. The van der Waals surface area contributed by atoms with Crippen molar-refractivity contribution in [1.82, 2.24) is 4.90 Å². The summed E-state index contributed by atoms with van der Waals surface area (Å²) >= 11 is 0. The van der Waals surface area contributed by atoms with Gasteiger partial charge in [-0.3, -0.25) is 0 Å². The molecule has 1 saturated heterocycles. The minimum absolute atomic E-state index is 0.243. The molecule has 14 heavy (non-hydrogen) atoms. The van der Waals surface area contributed by atoms with Crippen LogP contribution in [0.4, 0.5) is 4.79 Å². The first kappa shape index (κ1) is 11.3. The lowest BCUT2D eigenvalue weighted by atomic mass is 9.98. The summed E-state index contributed by atoms with van der Waals surface area (Å²) in [6.45, 7) is 1.81. The van der Waals surface area contributed by atoms with Gasteiger partial charge in [0.2, 0.25) is 0 Å². The molecule has 82 valence electrons. The molecule has 0 aromatic heterocycles. The standard InChI is InChI=1S/C10H20N2O2/c11-10(14)12-6-2-1-4-9(8-12)5-3-7-13/h9,13H,1-8H2,(H2,11,14). The molecule has 0 aliphatic carbocycles. The number of rotatable bonds is 3. The Bertz CT molecular complexity index is 185. The van der Waals surface area contributed by atoms with E-state index >= 15 is 0 Å². The second-order valence-electron chi connectivity index (χ2n) is 4.01. The summed E-state index contributed by atoms with van der Waals surface area (Å²) in [5.74, 6) is 0.525. The number of nitrogens with two attached hydrogens (primary N) is 1. The molecule has 0 aromatic carbocycles. The number of likely N-dealkylation sites (tertiary alicyclic amines) is 1. The molecule has 0 radical (unpaired) electrons. The number of hydrogen-bond donors (Lipinski definition) is 2. The van der Waals surface area contributed by atoms with Crippen LogP contribution in [0.1, 0.15) is 32.1 Å². The molecule has 1 aliphatic heterocycles. The average Bonchev–Trinajstić information content (AvgIpc) is 2.39. The van der Waals surface area contributed by atoms with Gasteiger partial charge in [-0.25, -0.2) is 4.79 Å². The molecule has 0 bridgehead atoms.